The molecule has 0 radical (unpaired) electrons. The zero-order valence-electron chi connectivity index (χ0n) is 15.9. The fourth-order valence-corrected chi connectivity index (χ4v) is 4.87. The number of hydrogen-bond acceptors (Lipinski definition) is 8. The maximum absolute atomic E-state index is 13.1. The summed E-state index contributed by atoms with van der Waals surface area (Å²) < 4.78 is 5.16. The van der Waals surface area contributed by atoms with E-state index < -0.39 is 0 Å². The van der Waals surface area contributed by atoms with Gasteiger partial charge in [0.15, 0.2) is 0 Å². The van der Waals surface area contributed by atoms with Gasteiger partial charge in [0.05, 0.1) is 28.2 Å². The number of carbonyl (C=O) groups excluding carboxylic acids is 1. The van der Waals surface area contributed by atoms with Crippen molar-refractivity contribution in [3.8, 4) is 22.4 Å². The molecule has 4 aromatic rings. The Labute approximate surface area is 181 Å². The van der Waals surface area contributed by atoms with Crippen molar-refractivity contribution < 1.29 is 9.53 Å². The third kappa shape index (κ3) is 3.76. The Hall–Kier alpha value is -3.67. The van der Waals surface area contributed by atoms with Gasteiger partial charge in [-0.2, -0.15) is 5.26 Å². The number of hydrogen-bond donors (Lipinski definition) is 2. The van der Waals surface area contributed by atoms with Gasteiger partial charge in [0.2, 0.25) is 5.78 Å². The predicted octanol–water partition coefficient (Wildman–Crippen LogP) is 5.31. The highest BCUT2D eigenvalue weighted by Gasteiger charge is 2.23. The summed E-state index contributed by atoms with van der Waals surface area (Å²) in [5.74, 6) is 0.521. The summed E-state index contributed by atoms with van der Waals surface area (Å²) in [5.41, 5.74) is 8.20. The van der Waals surface area contributed by atoms with Gasteiger partial charge in [-0.3, -0.25) is 9.78 Å². The number of nitrogens with zero attached hydrogens (tertiary/aromatic N) is 2. The van der Waals surface area contributed by atoms with E-state index in [9.17, 15) is 10.1 Å². The molecule has 0 saturated carbocycles. The molecule has 0 amide bonds. The third-order valence-corrected chi connectivity index (χ3v) is 6.58. The molecule has 0 bridgehead atoms. The normalized spacial score (nSPS) is 10.4. The lowest BCUT2D eigenvalue weighted by molar-refractivity contribution is 0.104. The van der Waals surface area contributed by atoms with E-state index in [1.165, 1.54) is 22.7 Å². The van der Waals surface area contributed by atoms with Crippen molar-refractivity contribution in [1.82, 2.24) is 4.98 Å². The van der Waals surface area contributed by atoms with E-state index in [0.717, 1.165) is 22.0 Å². The number of carbonyl (C=O) groups is 1. The Bertz CT molecular complexity index is 1240. The lowest BCUT2D eigenvalue weighted by Gasteiger charge is -2.05. The maximum atomic E-state index is 13.1. The lowest BCUT2D eigenvalue weighted by atomic mass is 10.2. The standard InChI is InChI=1S/C22H16N4O2S2/c1-28-14-7-5-13(6-8-14)26-22-15(12-23)19(24)21(30-22)20(27)18-10-9-17(29-18)16-4-2-3-11-25-16/h2-11,26H,24H2,1H3. The fourth-order valence-electron chi connectivity index (χ4n) is 2.84. The SMILES string of the molecule is COc1ccc(Nc2sc(C(=O)c3ccc(-c4ccccn4)s3)c(N)c2C#N)cc1. The van der Waals surface area contributed by atoms with Gasteiger partial charge in [0.1, 0.15) is 27.3 Å². The summed E-state index contributed by atoms with van der Waals surface area (Å²) in [7, 11) is 1.60. The van der Waals surface area contributed by atoms with Crippen LogP contribution in [-0.2, 0) is 0 Å². The first-order valence-corrected chi connectivity index (χ1v) is 10.5. The first kappa shape index (κ1) is 19.6. The third-order valence-electron chi connectivity index (χ3n) is 4.36. The molecule has 0 aliphatic carbocycles. The van der Waals surface area contributed by atoms with Crippen LogP contribution in [0.1, 0.15) is 20.1 Å². The zero-order chi connectivity index (χ0) is 21.1. The minimum absolute atomic E-state index is 0.191. The lowest BCUT2D eigenvalue weighted by Crippen LogP contribution is -2.00. The van der Waals surface area contributed by atoms with Crippen molar-refractivity contribution in [2.24, 2.45) is 0 Å². The van der Waals surface area contributed by atoms with Crippen LogP contribution >= 0.6 is 22.7 Å². The first-order valence-electron chi connectivity index (χ1n) is 8.90. The van der Waals surface area contributed by atoms with Crippen molar-refractivity contribution in [1.29, 1.82) is 5.26 Å². The molecular weight excluding hydrogens is 416 g/mol. The number of nitrogen functional groups attached to an aromatic ring is 1. The van der Waals surface area contributed by atoms with Crippen molar-refractivity contribution in [2.45, 2.75) is 0 Å². The van der Waals surface area contributed by atoms with E-state index in [1.807, 2.05) is 48.5 Å². The van der Waals surface area contributed by atoms with Gasteiger partial charge < -0.3 is 15.8 Å². The van der Waals surface area contributed by atoms with Gasteiger partial charge in [-0.25, -0.2) is 0 Å². The quantitative estimate of drug-likeness (QED) is 0.401. The monoisotopic (exact) mass is 432 g/mol. The minimum atomic E-state index is -0.205. The number of methoxy groups -OCH3 is 1. The van der Waals surface area contributed by atoms with Gasteiger partial charge in [0, 0.05) is 11.9 Å². The summed E-state index contributed by atoms with van der Waals surface area (Å²) in [5, 5.41) is 13.3. The Balaban J connectivity index is 1.64. The molecule has 3 aromatic heterocycles. The Morgan fingerprint density at radius 2 is 1.93 bits per heavy atom. The number of anilines is 3. The first-order chi connectivity index (χ1) is 14.6. The topological polar surface area (TPSA) is 101 Å². The van der Waals surface area contributed by atoms with Crippen LogP contribution in [0.4, 0.5) is 16.4 Å². The number of rotatable bonds is 6. The smallest absolute Gasteiger partial charge is 0.215 e. The molecule has 3 heterocycles. The van der Waals surface area contributed by atoms with Gasteiger partial charge in [-0.15, -0.1) is 22.7 Å². The molecule has 0 saturated heterocycles. The molecule has 0 aliphatic heterocycles. The van der Waals surface area contributed by atoms with Gasteiger partial charge >= 0.3 is 0 Å². The second-order valence-electron chi connectivity index (χ2n) is 6.22. The van der Waals surface area contributed by atoms with E-state index >= 15 is 0 Å². The van der Waals surface area contributed by atoms with Crippen LogP contribution in [0.2, 0.25) is 0 Å². The van der Waals surface area contributed by atoms with Crippen LogP contribution in [0.25, 0.3) is 10.6 Å². The Kier molecular flexibility index (Phi) is 5.48. The van der Waals surface area contributed by atoms with Crippen molar-refractivity contribution in [2.75, 3.05) is 18.2 Å². The predicted molar refractivity (Wildman–Crippen MR) is 121 cm³/mol. The van der Waals surface area contributed by atoms with Crippen LogP contribution in [0.15, 0.2) is 60.8 Å². The maximum Gasteiger partial charge on any atom is 0.215 e. The van der Waals surface area contributed by atoms with E-state index in [-0.39, 0.29) is 17.0 Å². The number of ketones is 1. The molecular formula is C22H16N4O2S2. The number of pyridine rings is 1. The summed E-state index contributed by atoms with van der Waals surface area (Å²) in [6.07, 6.45) is 1.71. The number of benzene rings is 1. The average molecular weight is 433 g/mol. The summed E-state index contributed by atoms with van der Waals surface area (Å²) in [6.45, 7) is 0. The number of nitrogens with one attached hydrogen (secondary N) is 1. The fraction of sp³-hybridized carbons (Fsp3) is 0.0455. The van der Waals surface area contributed by atoms with E-state index in [4.69, 9.17) is 10.5 Å². The highest BCUT2D eigenvalue weighted by atomic mass is 32.1. The average Bonchev–Trinajstić information content (AvgIpc) is 3.39. The number of aromatic nitrogens is 1. The van der Waals surface area contributed by atoms with E-state index in [0.29, 0.717) is 14.8 Å². The Morgan fingerprint density at radius 3 is 2.60 bits per heavy atom. The molecule has 4 rings (SSSR count). The van der Waals surface area contributed by atoms with Crippen LogP contribution < -0.4 is 15.8 Å². The molecule has 0 fully saturated rings. The van der Waals surface area contributed by atoms with Crippen LogP contribution in [0.5, 0.6) is 5.75 Å². The molecule has 0 unspecified atom stereocenters. The van der Waals surface area contributed by atoms with Gasteiger partial charge in [0.25, 0.3) is 0 Å². The van der Waals surface area contributed by atoms with Crippen molar-refractivity contribution >= 4 is 44.8 Å². The molecule has 0 aliphatic rings. The van der Waals surface area contributed by atoms with Crippen LogP contribution in [0.3, 0.4) is 0 Å². The van der Waals surface area contributed by atoms with Gasteiger partial charge in [-0.05, 0) is 48.5 Å². The van der Waals surface area contributed by atoms with E-state index in [1.54, 1.807) is 19.4 Å². The number of nitriles is 1. The second kappa shape index (κ2) is 8.37. The highest BCUT2D eigenvalue weighted by Crippen LogP contribution is 2.39. The highest BCUT2D eigenvalue weighted by molar-refractivity contribution is 7.21. The van der Waals surface area contributed by atoms with Crippen molar-refractivity contribution in [3.63, 3.8) is 0 Å². The molecule has 0 spiro atoms. The second-order valence-corrected chi connectivity index (χ2v) is 8.33. The van der Waals surface area contributed by atoms with Crippen LogP contribution in [-0.4, -0.2) is 17.9 Å². The van der Waals surface area contributed by atoms with Crippen molar-refractivity contribution in [3.05, 3.63) is 76.1 Å². The molecule has 0 atom stereocenters. The van der Waals surface area contributed by atoms with E-state index in [2.05, 4.69) is 16.4 Å². The summed E-state index contributed by atoms with van der Waals surface area (Å²) >= 11 is 2.53. The molecule has 30 heavy (non-hydrogen) atoms. The number of thiophene rings is 2. The largest absolute Gasteiger partial charge is 0.497 e. The number of ether oxygens (including phenoxy) is 1. The summed E-state index contributed by atoms with van der Waals surface area (Å²) in [6, 6.07) is 18.6. The minimum Gasteiger partial charge on any atom is -0.497 e. The van der Waals surface area contributed by atoms with Crippen LogP contribution in [0, 0.1) is 11.3 Å². The van der Waals surface area contributed by atoms with Gasteiger partial charge in [-0.1, -0.05) is 6.07 Å². The molecule has 1 aromatic carbocycles. The molecule has 6 nitrogen and oxygen atoms in total. The molecule has 3 N–H and O–H groups in total. The Morgan fingerprint density at radius 1 is 1.13 bits per heavy atom. The summed E-state index contributed by atoms with van der Waals surface area (Å²) in [4.78, 5) is 19.2. The molecule has 8 heteroatoms. The number of nitrogens with two attached hydrogens (primary N) is 1. The molecule has 148 valence electrons. The zero-order valence-corrected chi connectivity index (χ0v) is 17.5.